The molecule has 1 unspecified atom stereocenters. The largest absolute Gasteiger partial charge is 0.348 e. The van der Waals surface area contributed by atoms with Gasteiger partial charge in [-0.15, -0.1) is 0 Å². The maximum atomic E-state index is 12.7. The summed E-state index contributed by atoms with van der Waals surface area (Å²) in [6.07, 6.45) is 5.46. The van der Waals surface area contributed by atoms with Crippen LogP contribution in [0.2, 0.25) is 0 Å². The number of aromatic nitrogens is 4. The summed E-state index contributed by atoms with van der Waals surface area (Å²) in [6, 6.07) is 11.7. The molecule has 1 N–H and O–H groups in total. The van der Waals surface area contributed by atoms with Gasteiger partial charge in [-0.3, -0.25) is 9.48 Å². The molecular formula is C22H26N6O. The van der Waals surface area contributed by atoms with E-state index in [0.29, 0.717) is 12.1 Å². The summed E-state index contributed by atoms with van der Waals surface area (Å²) in [6.45, 7) is 6.39. The van der Waals surface area contributed by atoms with E-state index in [9.17, 15) is 4.79 Å². The molecular weight excluding hydrogens is 364 g/mol. The molecule has 1 aromatic carbocycles. The van der Waals surface area contributed by atoms with Gasteiger partial charge in [-0.2, -0.15) is 5.10 Å². The van der Waals surface area contributed by atoms with Crippen LogP contribution in [-0.4, -0.2) is 44.8 Å². The van der Waals surface area contributed by atoms with Crippen molar-refractivity contribution in [3.63, 3.8) is 0 Å². The average molecular weight is 390 g/mol. The molecule has 1 atom stereocenters. The third-order valence-electron chi connectivity index (χ3n) is 5.24. The van der Waals surface area contributed by atoms with Crippen LogP contribution in [0, 0.1) is 13.8 Å². The maximum absolute atomic E-state index is 12.7. The highest BCUT2D eigenvalue weighted by Gasteiger charge is 2.23. The first-order valence-corrected chi connectivity index (χ1v) is 10.0. The van der Waals surface area contributed by atoms with Gasteiger partial charge in [-0.25, -0.2) is 9.97 Å². The zero-order valence-electron chi connectivity index (χ0n) is 16.9. The number of nitrogens with zero attached hydrogens (tertiary/aromatic N) is 5. The predicted octanol–water partition coefficient (Wildman–Crippen LogP) is 2.74. The van der Waals surface area contributed by atoms with Crippen molar-refractivity contribution in [2.24, 2.45) is 0 Å². The standard InChI is InChI=1S/C22H26N6O/c1-16-13-17(2)28(26-16)14-18-6-8-19(9-7-18)21(29)25-20-5-3-12-27(15-20)22-23-10-4-11-24-22/h4,6-11,13,20H,3,5,12,14-15H2,1-2H3,(H,25,29). The number of aryl methyl sites for hydroxylation is 2. The second-order valence-corrected chi connectivity index (χ2v) is 7.59. The number of rotatable bonds is 5. The first kappa shape index (κ1) is 19.1. The summed E-state index contributed by atoms with van der Waals surface area (Å²) >= 11 is 0. The van der Waals surface area contributed by atoms with Crippen molar-refractivity contribution >= 4 is 11.9 Å². The van der Waals surface area contributed by atoms with Gasteiger partial charge in [0.2, 0.25) is 5.95 Å². The van der Waals surface area contributed by atoms with Crippen molar-refractivity contribution in [2.45, 2.75) is 39.3 Å². The van der Waals surface area contributed by atoms with Crippen LogP contribution in [0.1, 0.15) is 40.2 Å². The Kier molecular flexibility index (Phi) is 5.55. The molecule has 1 saturated heterocycles. The molecule has 4 rings (SSSR count). The van der Waals surface area contributed by atoms with E-state index in [2.05, 4.69) is 38.3 Å². The zero-order chi connectivity index (χ0) is 20.2. The lowest BCUT2D eigenvalue weighted by atomic mass is 10.0. The molecule has 1 amide bonds. The van der Waals surface area contributed by atoms with Crippen LogP contribution >= 0.6 is 0 Å². The average Bonchev–Trinajstić information content (AvgIpc) is 3.06. The monoisotopic (exact) mass is 390 g/mol. The van der Waals surface area contributed by atoms with Crippen molar-refractivity contribution in [1.29, 1.82) is 0 Å². The molecule has 29 heavy (non-hydrogen) atoms. The molecule has 150 valence electrons. The molecule has 7 heteroatoms. The number of carbonyl (C=O) groups is 1. The maximum Gasteiger partial charge on any atom is 0.251 e. The first-order chi connectivity index (χ1) is 14.1. The predicted molar refractivity (Wildman–Crippen MR) is 112 cm³/mol. The van der Waals surface area contributed by atoms with E-state index >= 15 is 0 Å². The highest BCUT2D eigenvalue weighted by Crippen LogP contribution is 2.16. The van der Waals surface area contributed by atoms with Crippen LogP contribution in [0.3, 0.4) is 0 Å². The number of benzene rings is 1. The third kappa shape index (κ3) is 4.62. The van der Waals surface area contributed by atoms with Crippen LogP contribution in [-0.2, 0) is 6.54 Å². The third-order valence-corrected chi connectivity index (χ3v) is 5.24. The molecule has 0 bridgehead atoms. The molecule has 1 aliphatic heterocycles. The Morgan fingerprint density at radius 1 is 1.17 bits per heavy atom. The minimum absolute atomic E-state index is 0.0384. The number of anilines is 1. The van der Waals surface area contributed by atoms with E-state index < -0.39 is 0 Å². The Morgan fingerprint density at radius 2 is 1.93 bits per heavy atom. The summed E-state index contributed by atoms with van der Waals surface area (Å²) in [5.41, 5.74) is 3.95. The summed E-state index contributed by atoms with van der Waals surface area (Å²) in [7, 11) is 0. The highest BCUT2D eigenvalue weighted by atomic mass is 16.1. The summed E-state index contributed by atoms with van der Waals surface area (Å²) < 4.78 is 1.98. The fourth-order valence-corrected chi connectivity index (χ4v) is 3.77. The first-order valence-electron chi connectivity index (χ1n) is 10.0. The van der Waals surface area contributed by atoms with Gasteiger partial charge in [-0.1, -0.05) is 12.1 Å². The Morgan fingerprint density at radius 3 is 2.62 bits per heavy atom. The van der Waals surface area contributed by atoms with Crippen LogP contribution in [0.5, 0.6) is 0 Å². The fourth-order valence-electron chi connectivity index (χ4n) is 3.77. The molecule has 0 saturated carbocycles. The van der Waals surface area contributed by atoms with Gasteiger partial charge in [0.15, 0.2) is 0 Å². The number of hydrogen-bond donors (Lipinski definition) is 1. The lowest BCUT2D eigenvalue weighted by molar-refractivity contribution is 0.0933. The van der Waals surface area contributed by atoms with Gasteiger partial charge in [0.1, 0.15) is 0 Å². The molecule has 2 aromatic heterocycles. The smallest absolute Gasteiger partial charge is 0.251 e. The minimum Gasteiger partial charge on any atom is -0.348 e. The van der Waals surface area contributed by atoms with Crippen molar-refractivity contribution in [3.05, 3.63) is 71.3 Å². The summed E-state index contributed by atoms with van der Waals surface area (Å²) in [4.78, 5) is 23.5. The van der Waals surface area contributed by atoms with E-state index in [4.69, 9.17) is 0 Å². The Balaban J connectivity index is 1.36. The highest BCUT2D eigenvalue weighted by molar-refractivity contribution is 5.94. The quantitative estimate of drug-likeness (QED) is 0.725. The van der Waals surface area contributed by atoms with E-state index in [0.717, 1.165) is 48.8 Å². The topological polar surface area (TPSA) is 75.9 Å². The molecule has 3 aromatic rings. The number of nitrogens with one attached hydrogen (secondary N) is 1. The normalized spacial score (nSPS) is 16.6. The molecule has 0 radical (unpaired) electrons. The number of amides is 1. The van der Waals surface area contributed by atoms with E-state index in [-0.39, 0.29) is 11.9 Å². The van der Waals surface area contributed by atoms with Gasteiger partial charge in [0, 0.05) is 42.8 Å². The molecule has 0 spiro atoms. The second kappa shape index (κ2) is 8.43. The minimum atomic E-state index is -0.0384. The van der Waals surface area contributed by atoms with Gasteiger partial charge in [0.25, 0.3) is 5.91 Å². The van der Waals surface area contributed by atoms with Crippen molar-refractivity contribution in [3.8, 4) is 0 Å². The lowest BCUT2D eigenvalue weighted by Gasteiger charge is -2.33. The Labute approximate surface area is 170 Å². The zero-order valence-corrected chi connectivity index (χ0v) is 16.9. The SMILES string of the molecule is Cc1cc(C)n(Cc2ccc(C(=O)NC3CCCN(c4ncccn4)C3)cc2)n1. The van der Waals surface area contributed by atoms with Gasteiger partial charge in [-0.05, 0) is 56.5 Å². The van der Waals surface area contributed by atoms with Crippen LogP contribution in [0.15, 0.2) is 48.8 Å². The number of hydrogen-bond acceptors (Lipinski definition) is 5. The Hall–Kier alpha value is -3.22. The van der Waals surface area contributed by atoms with Gasteiger partial charge < -0.3 is 10.2 Å². The van der Waals surface area contributed by atoms with Crippen LogP contribution in [0.25, 0.3) is 0 Å². The van der Waals surface area contributed by atoms with E-state index in [1.54, 1.807) is 12.4 Å². The van der Waals surface area contributed by atoms with Crippen molar-refractivity contribution < 1.29 is 4.79 Å². The fraction of sp³-hybridized carbons (Fsp3) is 0.364. The Bertz CT molecular complexity index is 967. The molecule has 1 aliphatic rings. The van der Waals surface area contributed by atoms with E-state index in [1.807, 2.05) is 41.9 Å². The summed E-state index contributed by atoms with van der Waals surface area (Å²) in [5.74, 6) is 0.684. The van der Waals surface area contributed by atoms with Crippen LogP contribution in [0.4, 0.5) is 5.95 Å². The lowest BCUT2D eigenvalue weighted by Crippen LogP contribution is -2.48. The molecule has 1 fully saturated rings. The second-order valence-electron chi connectivity index (χ2n) is 7.59. The van der Waals surface area contributed by atoms with Crippen molar-refractivity contribution in [2.75, 3.05) is 18.0 Å². The van der Waals surface area contributed by atoms with E-state index in [1.165, 1.54) is 0 Å². The van der Waals surface area contributed by atoms with Crippen molar-refractivity contribution in [1.82, 2.24) is 25.1 Å². The number of piperidine rings is 1. The number of carbonyl (C=O) groups excluding carboxylic acids is 1. The van der Waals surface area contributed by atoms with Crippen LogP contribution < -0.4 is 10.2 Å². The van der Waals surface area contributed by atoms with Gasteiger partial charge >= 0.3 is 0 Å². The molecule has 0 aliphatic carbocycles. The van der Waals surface area contributed by atoms with Gasteiger partial charge in [0.05, 0.1) is 12.2 Å². The molecule has 7 nitrogen and oxygen atoms in total. The summed E-state index contributed by atoms with van der Waals surface area (Å²) in [5, 5.41) is 7.66. The molecule has 3 heterocycles.